The van der Waals surface area contributed by atoms with Crippen molar-refractivity contribution in [3.8, 4) is 0 Å². The van der Waals surface area contributed by atoms with Gasteiger partial charge >= 0.3 is 0 Å². The van der Waals surface area contributed by atoms with Gasteiger partial charge in [-0.1, -0.05) is 42.5 Å². The fourth-order valence-corrected chi connectivity index (χ4v) is 4.79. The summed E-state index contributed by atoms with van der Waals surface area (Å²) in [6.45, 7) is 3.61. The molecule has 31 heavy (non-hydrogen) atoms. The molecule has 3 aromatic rings. The minimum Gasteiger partial charge on any atom is -0.391 e. The average molecular weight is 416 g/mol. The zero-order chi connectivity index (χ0) is 21.0. The molecule has 0 saturated carbocycles. The summed E-state index contributed by atoms with van der Waals surface area (Å²) in [4.78, 5) is 13.6. The molecule has 2 aliphatic heterocycles. The molecule has 0 amide bonds. The van der Waals surface area contributed by atoms with Crippen molar-refractivity contribution in [1.82, 2.24) is 14.9 Å². The van der Waals surface area contributed by atoms with Crippen molar-refractivity contribution in [2.24, 2.45) is 0 Å². The Balaban J connectivity index is 1.27. The van der Waals surface area contributed by atoms with Gasteiger partial charge in [-0.2, -0.15) is 0 Å². The van der Waals surface area contributed by atoms with Crippen LogP contribution in [0.15, 0.2) is 67.0 Å². The van der Waals surface area contributed by atoms with Crippen LogP contribution in [0, 0.1) is 0 Å². The van der Waals surface area contributed by atoms with E-state index in [9.17, 15) is 5.11 Å². The van der Waals surface area contributed by atoms with Gasteiger partial charge in [0.2, 0.25) is 0 Å². The second kappa shape index (κ2) is 9.04. The van der Waals surface area contributed by atoms with Gasteiger partial charge in [0.05, 0.1) is 6.10 Å². The van der Waals surface area contributed by atoms with Crippen LogP contribution in [-0.2, 0) is 13.0 Å². The molecule has 6 heteroatoms. The van der Waals surface area contributed by atoms with Crippen molar-refractivity contribution in [2.75, 3.05) is 29.9 Å². The molecule has 0 aliphatic carbocycles. The Labute approximate surface area is 183 Å². The van der Waals surface area contributed by atoms with E-state index in [1.165, 1.54) is 11.1 Å². The summed E-state index contributed by atoms with van der Waals surface area (Å²) >= 11 is 0. The van der Waals surface area contributed by atoms with Crippen molar-refractivity contribution in [1.29, 1.82) is 0 Å². The van der Waals surface area contributed by atoms with Crippen LogP contribution in [0.1, 0.15) is 24.0 Å². The Hall–Kier alpha value is -2.96. The van der Waals surface area contributed by atoms with E-state index in [0.717, 1.165) is 62.8 Å². The maximum Gasteiger partial charge on any atom is 0.135 e. The van der Waals surface area contributed by atoms with E-state index in [1.54, 1.807) is 6.33 Å². The number of rotatable bonds is 4. The lowest BCUT2D eigenvalue weighted by Crippen LogP contribution is -2.46. The SMILES string of the molecule is O[C@H]1CCN(c2cc(Nc3ccccc3)ncn2)CC[C@@H]1N1CCc2ccccc2C1. The number of hydrogen-bond acceptors (Lipinski definition) is 6. The predicted octanol–water partition coefficient (Wildman–Crippen LogP) is 3.61. The first-order chi connectivity index (χ1) is 15.3. The molecule has 1 aromatic heterocycles. The molecule has 0 radical (unpaired) electrons. The number of anilines is 3. The van der Waals surface area contributed by atoms with E-state index in [-0.39, 0.29) is 12.1 Å². The van der Waals surface area contributed by atoms with Crippen molar-refractivity contribution in [3.63, 3.8) is 0 Å². The predicted molar refractivity (Wildman–Crippen MR) is 124 cm³/mol. The molecule has 2 atom stereocenters. The maximum atomic E-state index is 10.9. The molecule has 1 fully saturated rings. The number of hydrogen-bond donors (Lipinski definition) is 2. The highest BCUT2D eigenvalue weighted by molar-refractivity contribution is 5.59. The largest absolute Gasteiger partial charge is 0.391 e. The highest BCUT2D eigenvalue weighted by Crippen LogP contribution is 2.27. The molecule has 0 unspecified atom stereocenters. The summed E-state index contributed by atoms with van der Waals surface area (Å²) in [5.41, 5.74) is 3.85. The first-order valence-electron chi connectivity index (χ1n) is 11.1. The van der Waals surface area contributed by atoms with Gasteiger partial charge in [-0.05, 0) is 42.5 Å². The number of aromatic nitrogens is 2. The van der Waals surface area contributed by atoms with Crippen molar-refractivity contribution in [3.05, 3.63) is 78.1 Å². The monoisotopic (exact) mass is 415 g/mol. The van der Waals surface area contributed by atoms with Crippen LogP contribution in [0.25, 0.3) is 0 Å². The highest BCUT2D eigenvalue weighted by Gasteiger charge is 2.31. The number of aliphatic hydroxyl groups is 1. The third kappa shape index (κ3) is 4.55. The van der Waals surface area contributed by atoms with Crippen LogP contribution in [0.2, 0.25) is 0 Å². The molecule has 5 rings (SSSR count). The summed E-state index contributed by atoms with van der Waals surface area (Å²) in [7, 11) is 0. The van der Waals surface area contributed by atoms with Gasteiger partial charge in [0.25, 0.3) is 0 Å². The van der Waals surface area contributed by atoms with Crippen molar-refractivity contribution in [2.45, 2.75) is 38.0 Å². The second-order valence-electron chi connectivity index (χ2n) is 8.44. The molecule has 0 bridgehead atoms. The zero-order valence-electron chi connectivity index (χ0n) is 17.7. The fraction of sp³-hybridized carbons (Fsp3) is 0.360. The third-order valence-electron chi connectivity index (χ3n) is 6.49. The molecule has 1 saturated heterocycles. The third-order valence-corrected chi connectivity index (χ3v) is 6.49. The van der Waals surface area contributed by atoms with Crippen LogP contribution in [-0.4, -0.2) is 51.8 Å². The van der Waals surface area contributed by atoms with E-state index in [1.807, 2.05) is 36.4 Å². The van der Waals surface area contributed by atoms with E-state index in [4.69, 9.17) is 0 Å². The van der Waals surface area contributed by atoms with Gasteiger partial charge in [-0.25, -0.2) is 9.97 Å². The second-order valence-corrected chi connectivity index (χ2v) is 8.44. The average Bonchev–Trinajstić information content (AvgIpc) is 3.01. The normalized spacial score (nSPS) is 21.9. The summed E-state index contributed by atoms with van der Waals surface area (Å²) < 4.78 is 0. The van der Waals surface area contributed by atoms with Crippen LogP contribution in [0.5, 0.6) is 0 Å². The first-order valence-corrected chi connectivity index (χ1v) is 11.1. The summed E-state index contributed by atoms with van der Waals surface area (Å²) in [5.74, 6) is 1.69. The number of nitrogens with zero attached hydrogens (tertiary/aromatic N) is 4. The smallest absolute Gasteiger partial charge is 0.135 e. The minimum absolute atomic E-state index is 0.183. The van der Waals surface area contributed by atoms with E-state index in [2.05, 4.69) is 49.4 Å². The summed E-state index contributed by atoms with van der Waals surface area (Å²) in [5, 5.41) is 14.3. The minimum atomic E-state index is -0.320. The Morgan fingerprint density at radius 1 is 0.871 bits per heavy atom. The van der Waals surface area contributed by atoms with Gasteiger partial charge in [0.15, 0.2) is 0 Å². The Morgan fingerprint density at radius 2 is 1.65 bits per heavy atom. The van der Waals surface area contributed by atoms with Gasteiger partial charge in [-0.3, -0.25) is 4.90 Å². The maximum absolute atomic E-state index is 10.9. The van der Waals surface area contributed by atoms with Crippen molar-refractivity contribution < 1.29 is 5.11 Å². The van der Waals surface area contributed by atoms with Gasteiger partial charge in [0, 0.05) is 44.0 Å². The van der Waals surface area contributed by atoms with E-state index >= 15 is 0 Å². The lowest BCUT2D eigenvalue weighted by molar-refractivity contribution is 0.0394. The summed E-state index contributed by atoms with van der Waals surface area (Å²) in [6, 6.07) is 20.9. The quantitative estimate of drug-likeness (QED) is 0.679. The van der Waals surface area contributed by atoms with Gasteiger partial charge in [0.1, 0.15) is 18.0 Å². The Kier molecular flexibility index (Phi) is 5.82. The molecule has 0 spiro atoms. The zero-order valence-corrected chi connectivity index (χ0v) is 17.7. The Bertz CT molecular complexity index is 1010. The molecule has 2 N–H and O–H groups in total. The molecule has 2 aromatic carbocycles. The molecule has 6 nitrogen and oxygen atoms in total. The lowest BCUT2D eigenvalue weighted by Gasteiger charge is -2.37. The molecule has 2 aliphatic rings. The standard InChI is InChI=1S/C25H29N5O/c31-23-12-15-29(25-16-24(26-18-27-25)28-21-8-2-1-3-9-21)14-11-22(23)30-13-10-19-6-4-5-7-20(19)17-30/h1-9,16,18,22-23,31H,10-15,17H2,(H,26,27,28)/t22-,23-/m0/s1. The Morgan fingerprint density at radius 3 is 2.52 bits per heavy atom. The number of aliphatic hydroxyl groups excluding tert-OH is 1. The molecular formula is C25H29N5O. The van der Waals surface area contributed by atoms with Gasteiger partial charge in [-0.15, -0.1) is 0 Å². The van der Waals surface area contributed by atoms with Crippen molar-refractivity contribution >= 4 is 17.3 Å². The molecular weight excluding hydrogens is 386 g/mol. The fourth-order valence-electron chi connectivity index (χ4n) is 4.79. The first kappa shape index (κ1) is 20.0. The van der Waals surface area contributed by atoms with Crippen LogP contribution in [0.3, 0.4) is 0 Å². The van der Waals surface area contributed by atoms with Crippen LogP contribution >= 0.6 is 0 Å². The number of para-hydroxylation sites is 1. The van der Waals surface area contributed by atoms with E-state index in [0.29, 0.717) is 0 Å². The van der Waals surface area contributed by atoms with Crippen LogP contribution < -0.4 is 10.2 Å². The highest BCUT2D eigenvalue weighted by atomic mass is 16.3. The van der Waals surface area contributed by atoms with Crippen LogP contribution in [0.4, 0.5) is 17.3 Å². The lowest BCUT2D eigenvalue weighted by atomic mass is 9.96. The molecule has 3 heterocycles. The number of nitrogens with one attached hydrogen (secondary N) is 1. The topological polar surface area (TPSA) is 64.5 Å². The number of fused-ring (bicyclic) bond motifs is 1. The summed E-state index contributed by atoms with van der Waals surface area (Å²) in [6.07, 6.45) is 4.02. The van der Waals surface area contributed by atoms with Gasteiger partial charge < -0.3 is 15.3 Å². The van der Waals surface area contributed by atoms with E-state index < -0.39 is 0 Å². The molecule has 160 valence electrons. The number of benzene rings is 2.